The number of halogens is 1. The number of hydrogen-bond donors (Lipinski definition) is 1. The third-order valence-corrected chi connectivity index (χ3v) is 6.30. The Morgan fingerprint density at radius 1 is 1.13 bits per heavy atom. The molecule has 2 aromatic carbocycles. The molecule has 39 heavy (non-hydrogen) atoms. The quantitative estimate of drug-likeness (QED) is 0.333. The number of hydrogen-bond acceptors (Lipinski definition) is 7. The maximum atomic E-state index is 13.6. The van der Waals surface area contributed by atoms with E-state index >= 15 is 0 Å². The lowest BCUT2D eigenvalue weighted by Gasteiger charge is -2.34. The summed E-state index contributed by atoms with van der Waals surface area (Å²) in [5, 5.41) is 18.4. The highest BCUT2D eigenvalue weighted by molar-refractivity contribution is 6.06. The van der Waals surface area contributed by atoms with Crippen LogP contribution < -0.4 is 10.1 Å². The van der Waals surface area contributed by atoms with Crippen molar-refractivity contribution >= 4 is 23.4 Å². The normalized spacial score (nSPS) is 14.1. The van der Waals surface area contributed by atoms with Gasteiger partial charge < -0.3 is 19.7 Å². The molecule has 0 bridgehead atoms. The lowest BCUT2D eigenvalue weighted by atomic mass is 9.90. The van der Waals surface area contributed by atoms with E-state index in [-0.39, 0.29) is 28.6 Å². The minimum atomic E-state index is -0.617. The Hall–Kier alpha value is -4.48. The molecule has 1 saturated heterocycles. The zero-order chi connectivity index (χ0) is 28.3. The van der Waals surface area contributed by atoms with Crippen molar-refractivity contribution in [3.63, 3.8) is 0 Å². The van der Waals surface area contributed by atoms with Gasteiger partial charge >= 0.3 is 6.09 Å². The van der Waals surface area contributed by atoms with Crippen LogP contribution in [-0.4, -0.2) is 57.4 Å². The summed E-state index contributed by atoms with van der Waals surface area (Å²) in [5.74, 6) is -0.850. The fraction of sp³-hybridized carbons (Fsp3) is 0.370. The van der Waals surface area contributed by atoms with Gasteiger partial charge in [-0.2, -0.15) is 5.10 Å². The van der Waals surface area contributed by atoms with Gasteiger partial charge in [-0.15, -0.1) is 0 Å². The number of anilines is 1. The van der Waals surface area contributed by atoms with E-state index in [1.807, 2.05) is 0 Å². The number of piperidine rings is 1. The minimum absolute atomic E-state index is 0.136. The van der Waals surface area contributed by atoms with Gasteiger partial charge in [0.05, 0.1) is 40.9 Å². The van der Waals surface area contributed by atoms with Crippen LogP contribution in [0.15, 0.2) is 48.7 Å². The average molecular weight is 540 g/mol. The highest BCUT2D eigenvalue weighted by Crippen LogP contribution is 2.34. The molecule has 0 spiro atoms. The fourth-order valence-corrected chi connectivity index (χ4v) is 4.47. The molecule has 0 aliphatic carbocycles. The number of nitrogens with one attached hydrogen (secondary N) is 1. The van der Waals surface area contributed by atoms with Crippen LogP contribution in [0.25, 0.3) is 5.69 Å². The highest BCUT2D eigenvalue weighted by Gasteiger charge is 2.32. The summed E-state index contributed by atoms with van der Waals surface area (Å²) in [6, 6.07) is 9.65. The van der Waals surface area contributed by atoms with E-state index in [1.54, 1.807) is 42.5 Å². The standard InChI is InChI=1S/C27H30FN5O6/c1-27(2,3)39-26(35)31-13-11-17(12-14-31)24-21(16-29-32(24)19-7-5-18(28)6-8-19)25(34)30-22-15-20(33(36)37)9-10-23(22)38-4/h5-10,15-17H,11-14H2,1-4H3,(H,30,34). The fourth-order valence-electron chi connectivity index (χ4n) is 4.47. The van der Waals surface area contributed by atoms with Crippen LogP contribution in [0.5, 0.6) is 5.75 Å². The van der Waals surface area contributed by atoms with E-state index in [1.165, 1.54) is 43.6 Å². The molecule has 0 radical (unpaired) electrons. The largest absolute Gasteiger partial charge is 0.495 e. The van der Waals surface area contributed by atoms with Crippen molar-refractivity contribution in [1.29, 1.82) is 0 Å². The van der Waals surface area contributed by atoms with Crippen molar-refractivity contribution in [2.24, 2.45) is 0 Å². The molecule has 0 unspecified atom stereocenters. The zero-order valence-electron chi connectivity index (χ0n) is 22.1. The van der Waals surface area contributed by atoms with E-state index in [9.17, 15) is 24.1 Å². The first-order valence-electron chi connectivity index (χ1n) is 12.4. The van der Waals surface area contributed by atoms with E-state index in [0.29, 0.717) is 37.3 Å². The van der Waals surface area contributed by atoms with Crippen LogP contribution in [-0.2, 0) is 4.74 Å². The number of methoxy groups -OCH3 is 1. The van der Waals surface area contributed by atoms with Crippen LogP contribution in [0.1, 0.15) is 55.6 Å². The molecule has 1 fully saturated rings. The molecule has 2 amide bonds. The third kappa shape index (κ3) is 6.33. The van der Waals surface area contributed by atoms with Gasteiger partial charge in [0.2, 0.25) is 0 Å². The van der Waals surface area contributed by atoms with Gasteiger partial charge in [-0.1, -0.05) is 0 Å². The lowest BCUT2D eigenvalue weighted by Crippen LogP contribution is -2.41. The average Bonchev–Trinajstić information content (AvgIpc) is 3.33. The first-order chi connectivity index (χ1) is 18.5. The Balaban J connectivity index is 1.65. The number of non-ortho nitro benzene ring substituents is 1. The topological polar surface area (TPSA) is 129 Å². The maximum Gasteiger partial charge on any atom is 0.410 e. The number of ether oxygens (including phenoxy) is 2. The third-order valence-electron chi connectivity index (χ3n) is 6.30. The number of carbonyl (C=O) groups excluding carboxylic acids is 2. The summed E-state index contributed by atoms with van der Waals surface area (Å²) in [6.07, 6.45) is 2.08. The number of nitro groups is 1. The van der Waals surface area contributed by atoms with E-state index < -0.39 is 28.3 Å². The van der Waals surface area contributed by atoms with Gasteiger partial charge in [0, 0.05) is 31.1 Å². The Morgan fingerprint density at radius 2 is 1.79 bits per heavy atom. The summed E-state index contributed by atoms with van der Waals surface area (Å²) >= 11 is 0. The molecule has 0 atom stereocenters. The molecule has 1 aliphatic heterocycles. The molecule has 2 heterocycles. The number of nitro benzene ring substituents is 1. The lowest BCUT2D eigenvalue weighted by molar-refractivity contribution is -0.384. The van der Waals surface area contributed by atoms with Gasteiger partial charge in [-0.3, -0.25) is 14.9 Å². The van der Waals surface area contributed by atoms with Gasteiger partial charge in [0.1, 0.15) is 17.2 Å². The van der Waals surface area contributed by atoms with Crippen LogP contribution in [0, 0.1) is 15.9 Å². The second-order valence-corrected chi connectivity index (χ2v) is 10.2. The summed E-state index contributed by atoms with van der Waals surface area (Å²) in [5.41, 5.74) is 0.720. The molecule has 3 aromatic rings. The molecule has 1 N–H and O–H groups in total. The van der Waals surface area contributed by atoms with Crippen molar-refractivity contribution in [2.45, 2.75) is 45.1 Å². The molecule has 206 valence electrons. The molecular formula is C27H30FN5O6. The van der Waals surface area contributed by atoms with E-state index in [0.717, 1.165) is 0 Å². The molecule has 4 rings (SSSR count). The minimum Gasteiger partial charge on any atom is -0.495 e. The summed E-state index contributed by atoms with van der Waals surface area (Å²) < 4.78 is 26.0. The van der Waals surface area contributed by atoms with Crippen molar-refractivity contribution in [1.82, 2.24) is 14.7 Å². The number of benzene rings is 2. The number of rotatable bonds is 6. The monoisotopic (exact) mass is 539 g/mol. The number of likely N-dealkylation sites (tertiary alicyclic amines) is 1. The van der Waals surface area contributed by atoms with E-state index in [4.69, 9.17) is 9.47 Å². The van der Waals surface area contributed by atoms with Crippen LogP contribution in [0.2, 0.25) is 0 Å². The van der Waals surface area contributed by atoms with Crippen molar-refractivity contribution in [3.8, 4) is 11.4 Å². The molecule has 11 nitrogen and oxygen atoms in total. The Bertz CT molecular complexity index is 1370. The van der Waals surface area contributed by atoms with Crippen molar-refractivity contribution in [2.75, 3.05) is 25.5 Å². The van der Waals surface area contributed by atoms with Crippen molar-refractivity contribution < 1.29 is 28.4 Å². The molecule has 0 saturated carbocycles. The predicted octanol–water partition coefficient (Wildman–Crippen LogP) is 5.30. The Morgan fingerprint density at radius 3 is 2.38 bits per heavy atom. The van der Waals surface area contributed by atoms with Crippen LogP contribution >= 0.6 is 0 Å². The predicted molar refractivity (Wildman–Crippen MR) is 141 cm³/mol. The molecule has 1 aromatic heterocycles. The Kier molecular flexibility index (Phi) is 7.84. The highest BCUT2D eigenvalue weighted by atomic mass is 19.1. The van der Waals surface area contributed by atoms with Gasteiger partial charge in [-0.25, -0.2) is 13.9 Å². The Labute approximate surface area is 224 Å². The molecule has 12 heteroatoms. The first-order valence-corrected chi connectivity index (χ1v) is 12.4. The number of nitrogens with zero attached hydrogens (tertiary/aromatic N) is 4. The summed E-state index contributed by atoms with van der Waals surface area (Å²) in [7, 11) is 1.40. The SMILES string of the molecule is COc1ccc([N+](=O)[O-])cc1NC(=O)c1cnn(-c2ccc(F)cc2)c1C1CCN(C(=O)OC(C)(C)C)CC1. The first kappa shape index (κ1) is 27.6. The summed E-state index contributed by atoms with van der Waals surface area (Å²) in [4.78, 5) is 38.4. The number of amides is 2. The second-order valence-electron chi connectivity index (χ2n) is 10.2. The van der Waals surface area contributed by atoms with Gasteiger partial charge in [0.25, 0.3) is 11.6 Å². The van der Waals surface area contributed by atoms with Gasteiger partial charge in [-0.05, 0) is 63.9 Å². The van der Waals surface area contributed by atoms with Crippen LogP contribution in [0.4, 0.5) is 20.6 Å². The second kappa shape index (κ2) is 11.1. The van der Waals surface area contributed by atoms with E-state index in [2.05, 4.69) is 10.4 Å². The maximum absolute atomic E-state index is 13.6. The number of carbonyl (C=O) groups is 2. The smallest absolute Gasteiger partial charge is 0.410 e. The zero-order valence-corrected chi connectivity index (χ0v) is 22.1. The van der Waals surface area contributed by atoms with Crippen LogP contribution in [0.3, 0.4) is 0 Å². The van der Waals surface area contributed by atoms with Gasteiger partial charge in [0.15, 0.2) is 0 Å². The summed E-state index contributed by atoms with van der Waals surface area (Å²) in [6.45, 7) is 6.24. The van der Waals surface area contributed by atoms with Crippen molar-refractivity contribution in [3.05, 3.63) is 75.9 Å². The number of aromatic nitrogens is 2. The molecular weight excluding hydrogens is 509 g/mol. The molecule has 1 aliphatic rings.